The van der Waals surface area contributed by atoms with Crippen LogP contribution in [0.1, 0.15) is 13.3 Å². The van der Waals surface area contributed by atoms with E-state index < -0.39 is 0 Å². The molecule has 0 bridgehead atoms. The Morgan fingerprint density at radius 2 is 1.78 bits per heavy atom. The van der Waals surface area contributed by atoms with Crippen molar-refractivity contribution in [2.75, 3.05) is 11.5 Å². The molecule has 0 aromatic rings. The summed E-state index contributed by atoms with van der Waals surface area (Å²) < 4.78 is 0.836. The lowest BCUT2D eigenvalue weighted by Crippen LogP contribution is -1.85. The van der Waals surface area contributed by atoms with Gasteiger partial charge in [-0.25, -0.2) is 0 Å². The van der Waals surface area contributed by atoms with E-state index in [2.05, 4.69) is 6.92 Å². The van der Waals surface area contributed by atoms with E-state index in [-0.39, 0.29) is 0 Å². The Hall–Kier alpha value is 1.40. The van der Waals surface area contributed by atoms with Crippen LogP contribution in [-0.4, -0.2) is 16.1 Å². The second kappa shape index (κ2) is 5.10. The first kappa shape index (κ1) is 8.50. The Morgan fingerprint density at radius 1 is 1.22 bits per heavy atom. The molecule has 1 heterocycles. The van der Waals surface area contributed by atoms with Crippen LogP contribution in [-0.2, 0) is 0 Å². The van der Waals surface area contributed by atoms with Gasteiger partial charge < -0.3 is 0 Å². The summed E-state index contributed by atoms with van der Waals surface area (Å²) in [5.41, 5.74) is 0. The molecule has 1 aliphatic heterocycles. The van der Waals surface area contributed by atoms with E-state index in [4.69, 9.17) is 0 Å². The van der Waals surface area contributed by atoms with Gasteiger partial charge in [-0.3, -0.25) is 0 Å². The minimum absolute atomic E-state index is 0.836. The summed E-state index contributed by atoms with van der Waals surface area (Å²) in [4.78, 5) is 0. The van der Waals surface area contributed by atoms with Crippen molar-refractivity contribution in [3.63, 3.8) is 0 Å². The SMILES string of the molecule is CCC1SSCCSS1. The summed E-state index contributed by atoms with van der Waals surface area (Å²) in [5.74, 6) is 2.64. The van der Waals surface area contributed by atoms with Gasteiger partial charge in [0.1, 0.15) is 0 Å². The molecular weight excluding hydrogens is 188 g/mol. The molecule has 0 N–H and O–H groups in total. The Kier molecular flexibility index (Phi) is 4.82. The van der Waals surface area contributed by atoms with Crippen molar-refractivity contribution in [1.82, 2.24) is 0 Å². The summed E-state index contributed by atoms with van der Waals surface area (Å²) in [6, 6.07) is 0. The highest BCUT2D eigenvalue weighted by molar-refractivity contribution is 8.86. The van der Waals surface area contributed by atoms with Gasteiger partial charge >= 0.3 is 0 Å². The van der Waals surface area contributed by atoms with Gasteiger partial charge in [0.05, 0.1) is 4.58 Å². The fraction of sp³-hybridized carbons (Fsp3) is 1.00. The highest BCUT2D eigenvalue weighted by atomic mass is 33.1. The Morgan fingerprint density at radius 3 is 2.22 bits per heavy atom. The van der Waals surface area contributed by atoms with Crippen molar-refractivity contribution in [1.29, 1.82) is 0 Å². The van der Waals surface area contributed by atoms with Crippen LogP contribution in [0.5, 0.6) is 0 Å². The summed E-state index contributed by atoms with van der Waals surface area (Å²) in [6.07, 6.45) is 1.30. The quantitative estimate of drug-likeness (QED) is 0.591. The number of hydrogen-bond acceptors (Lipinski definition) is 4. The summed E-state index contributed by atoms with van der Waals surface area (Å²) in [5, 5.41) is 0. The monoisotopic (exact) mass is 198 g/mol. The van der Waals surface area contributed by atoms with E-state index in [0.717, 1.165) is 4.58 Å². The second-order valence-electron chi connectivity index (χ2n) is 1.67. The first-order chi connectivity index (χ1) is 4.43. The third kappa shape index (κ3) is 3.35. The van der Waals surface area contributed by atoms with E-state index >= 15 is 0 Å². The fourth-order valence-electron chi connectivity index (χ4n) is 0.468. The average molecular weight is 198 g/mol. The van der Waals surface area contributed by atoms with Gasteiger partial charge in [-0.1, -0.05) is 50.1 Å². The van der Waals surface area contributed by atoms with Crippen molar-refractivity contribution in [2.45, 2.75) is 17.9 Å². The van der Waals surface area contributed by atoms with Crippen LogP contribution in [0.15, 0.2) is 0 Å². The summed E-state index contributed by atoms with van der Waals surface area (Å²) in [7, 11) is 8.13. The molecule has 0 unspecified atom stereocenters. The molecule has 1 aliphatic rings. The van der Waals surface area contributed by atoms with Gasteiger partial charge in [-0.05, 0) is 6.42 Å². The largest absolute Gasteiger partial charge is 0.0921 e. The lowest BCUT2D eigenvalue weighted by Gasteiger charge is -2.05. The molecule has 0 aromatic carbocycles. The van der Waals surface area contributed by atoms with E-state index in [1.54, 1.807) is 0 Å². The van der Waals surface area contributed by atoms with Gasteiger partial charge in [0.25, 0.3) is 0 Å². The van der Waals surface area contributed by atoms with Crippen molar-refractivity contribution in [3.05, 3.63) is 0 Å². The molecule has 4 heteroatoms. The van der Waals surface area contributed by atoms with Crippen LogP contribution in [0.25, 0.3) is 0 Å². The molecule has 54 valence electrons. The molecule has 0 amide bonds. The van der Waals surface area contributed by atoms with Crippen molar-refractivity contribution >= 4 is 43.2 Å². The van der Waals surface area contributed by atoms with E-state index in [1.807, 2.05) is 43.2 Å². The topological polar surface area (TPSA) is 0 Å². The minimum atomic E-state index is 0.836. The van der Waals surface area contributed by atoms with Gasteiger partial charge in [0.2, 0.25) is 0 Å². The highest BCUT2D eigenvalue weighted by Crippen LogP contribution is 2.45. The van der Waals surface area contributed by atoms with Crippen LogP contribution < -0.4 is 0 Å². The number of hydrogen-bond donors (Lipinski definition) is 0. The molecule has 0 spiro atoms. The van der Waals surface area contributed by atoms with Crippen LogP contribution in [0, 0.1) is 0 Å². The molecule has 0 aromatic heterocycles. The molecule has 1 saturated heterocycles. The second-order valence-corrected chi connectivity index (χ2v) is 7.35. The van der Waals surface area contributed by atoms with Gasteiger partial charge in [0, 0.05) is 11.5 Å². The molecular formula is C5H10S4. The van der Waals surface area contributed by atoms with Crippen LogP contribution in [0.3, 0.4) is 0 Å². The zero-order valence-corrected chi connectivity index (χ0v) is 8.60. The van der Waals surface area contributed by atoms with E-state index in [1.165, 1.54) is 17.9 Å². The number of rotatable bonds is 1. The third-order valence-corrected chi connectivity index (χ3v) is 7.82. The zero-order chi connectivity index (χ0) is 6.53. The van der Waals surface area contributed by atoms with Gasteiger partial charge in [-0.15, -0.1) is 0 Å². The highest BCUT2D eigenvalue weighted by Gasteiger charge is 2.11. The Balaban J connectivity index is 2.18. The lowest BCUT2D eigenvalue weighted by atomic mass is 10.6. The summed E-state index contributed by atoms with van der Waals surface area (Å²) in [6.45, 7) is 2.26. The predicted molar refractivity (Wildman–Crippen MR) is 54.2 cm³/mol. The minimum Gasteiger partial charge on any atom is -0.0921 e. The molecule has 0 nitrogen and oxygen atoms in total. The van der Waals surface area contributed by atoms with E-state index in [0.29, 0.717) is 0 Å². The van der Waals surface area contributed by atoms with Crippen molar-refractivity contribution < 1.29 is 0 Å². The third-order valence-electron chi connectivity index (χ3n) is 0.934. The lowest BCUT2D eigenvalue weighted by molar-refractivity contribution is 1.07. The van der Waals surface area contributed by atoms with Crippen LogP contribution >= 0.6 is 43.2 Å². The van der Waals surface area contributed by atoms with Gasteiger partial charge in [-0.2, -0.15) is 0 Å². The van der Waals surface area contributed by atoms with Crippen LogP contribution in [0.2, 0.25) is 0 Å². The molecule has 9 heavy (non-hydrogen) atoms. The average Bonchev–Trinajstić information content (AvgIpc) is 2.13. The molecule has 0 atom stereocenters. The summed E-state index contributed by atoms with van der Waals surface area (Å²) >= 11 is 0. The zero-order valence-electron chi connectivity index (χ0n) is 5.33. The Labute approximate surface area is 72.5 Å². The molecule has 0 radical (unpaired) electrons. The van der Waals surface area contributed by atoms with Crippen LogP contribution in [0.4, 0.5) is 0 Å². The smallest absolute Gasteiger partial charge is 0.0707 e. The fourth-order valence-corrected chi connectivity index (χ4v) is 7.59. The molecule has 1 fully saturated rings. The first-order valence-electron chi connectivity index (χ1n) is 3.00. The van der Waals surface area contributed by atoms with Crippen molar-refractivity contribution in [3.8, 4) is 0 Å². The van der Waals surface area contributed by atoms with Crippen molar-refractivity contribution in [2.24, 2.45) is 0 Å². The molecule has 0 aliphatic carbocycles. The maximum atomic E-state index is 2.26. The molecule has 0 saturated carbocycles. The Bertz CT molecular complexity index is 67.4. The normalized spacial score (nSPS) is 23.7. The standard InChI is InChI=1S/C5H10S4/c1-2-5-8-6-3-4-7-9-5/h5H,2-4H2,1H3. The van der Waals surface area contributed by atoms with E-state index in [9.17, 15) is 0 Å². The predicted octanol–water partition coefficient (Wildman–Crippen LogP) is 3.50. The van der Waals surface area contributed by atoms with Gasteiger partial charge in [0.15, 0.2) is 0 Å². The maximum Gasteiger partial charge on any atom is 0.0707 e. The molecule has 1 rings (SSSR count). The maximum absolute atomic E-state index is 2.26. The first-order valence-corrected chi connectivity index (χ1v) is 7.76.